The van der Waals surface area contributed by atoms with Crippen molar-refractivity contribution in [2.45, 2.75) is 27.2 Å². The van der Waals surface area contributed by atoms with Crippen LogP contribution in [0.25, 0.3) is 0 Å². The lowest BCUT2D eigenvalue weighted by Crippen LogP contribution is -2.24. The van der Waals surface area contributed by atoms with Crippen molar-refractivity contribution in [3.8, 4) is 17.6 Å². The van der Waals surface area contributed by atoms with Gasteiger partial charge in [-0.25, -0.2) is 0 Å². The number of hydrogen-bond donors (Lipinski definition) is 2. The van der Waals surface area contributed by atoms with Crippen LogP contribution in [0, 0.1) is 23.7 Å². The second-order valence-electron chi connectivity index (χ2n) is 5.21. The van der Waals surface area contributed by atoms with Crippen molar-refractivity contribution in [1.29, 1.82) is 0 Å². The number of benzene rings is 1. The summed E-state index contributed by atoms with van der Waals surface area (Å²) in [6.07, 6.45) is 0.429. The zero-order valence-corrected chi connectivity index (χ0v) is 13.1. The van der Waals surface area contributed by atoms with Gasteiger partial charge in [0.15, 0.2) is 0 Å². The van der Waals surface area contributed by atoms with E-state index in [1.807, 2.05) is 26.8 Å². The summed E-state index contributed by atoms with van der Waals surface area (Å²) in [7, 11) is 1.56. The van der Waals surface area contributed by atoms with E-state index in [9.17, 15) is 4.79 Å². The molecule has 4 heteroatoms. The van der Waals surface area contributed by atoms with Crippen LogP contribution in [-0.2, 0) is 4.79 Å². The molecule has 0 aromatic heterocycles. The van der Waals surface area contributed by atoms with Gasteiger partial charge in [-0.3, -0.25) is 4.79 Å². The minimum absolute atomic E-state index is 0.0382. The number of nitrogens with one attached hydrogen (secondary N) is 1. The van der Waals surface area contributed by atoms with Gasteiger partial charge in [0.25, 0.3) is 0 Å². The van der Waals surface area contributed by atoms with Gasteiger partial charge >= 0.3 is 0 Å². The summed E-state index contributed by atoms with van der Waals surface area (Å²) in [5.41, 5.74) is 1.39. The van der Waals surface area contributed by atoms with Crippen LogP contribution in [0.15, 0.2) is 18.2 Å². The van der Waals surface area contributed by atoms with E-state index in [0.29, 0.717) is 17.9 Å². The highest BCUT2D eigenvalue weighted by molar-refractivity contribution is 5.94. The molecule has 0 spiro atoms. The molecule has 0 radical (unpaired) electrons. The summed E-state index contributed by atoms with van der Waals surface area (Å²) in [6, 6.07) is 5.39. The van der Waals surface area contributed by atoms with Gasteiger partial charge < -0.3 is 15.2 Å². The Bertz CT molecular complexity index is 541. The maximum Gasteiger partial charge on any atom is 0.227 e. The lowest BCUT2D eigenvalue weighted by molar-refractivity contribution is -0.120. The van der Waals surface area contributed by atoms with Gasteiger partial charge in [0.1, 0.15) is 5.75 Å². The third-order valence-electron chi connectivity index (χ3n) is 3.34. The summed E-state index contributed by atoms with van der Waals surface area (Å²) in [5.74, 6) is 6.55. The Morgan fingerprint density at radius 3 is 2.67 bits per heavy atom. The summed E-state index contributed by atoms with van der Waals surface area (Å²) >= 11 is 0. The standard InChI is InChI=1S/C17H23NO3/c1-12(2)13(3)17(20)18-15-11-14(7-5-6-10-19)8-9-16(15)21-4/h8-9,11-13,19H,6,10H2,1-4H3,(H,18,20). The van der Waals surface area contributed by atoms with Crippen LogP contribution in [0.5, 0.6) is 5.75 Å². The number of anilines is 1. The Kier molecular flexibility index (Phi) is 6.77. The van der Waals surface area contributed by atoms with Crippen molar-refractivity contribution < 1.29 is 14.6 Å². The normalized spacial score (nSPS) is 11.5. The molecule has 1 rings (SSSR count). The Labute approximate surface area is 126 Å². The number of carbonyl (C=O) groups excluding carboxylic acids is 1. The highest BCUT2D eigenvalue weighted by atomic mass is 16.5. The summed E-state index contributed by atoms with van der Waals surface area (Å²) in [4.78, 5) is 12.2. The van der Waals surface area contributed by atoms with Crippen molar-refractivity contribution in [2.24, 2.45) is 11.8 Å². The minimum Gasteiger partial charge on any atom is -0.495 e. The lowest BCUT2D eigenvalue weighted by Gasteiger charge is -2.17. The van der Waals surface area contributed by atoms with Crippen LogP contribution in [0.2, 0.25) is 0 Å². The molecule has 0 fully saturated rings. The fraction of sp³-hybridized carbons (Fsp3) is 0.471. The minimum atomic E-state index is -0.0844. The first-order valence-electron chi connectivity index (χ1n) is 7.08. The molecule has 1 aromatic rings. The average Bonchev–Trinajstić information content (AvgIpc) is 2.46. The molecule has 0 saturated heterocycles. The van der Waals surface area contributed by atoms with E-state index >= 15 is 0 Å². The number of rotatable bonds is 5. The van der Waals surface area contributed by atoms with E-state index in [1.54, 1.807) is 19.2 Å². The fourth-order valence-corrected chi connectivity index (χ4v) is 1.65. The van der Waals surface area contributed by atoms with Crippen molar-refractivity contribution in [1.82, 2.24) is 0 Å². The molecule has 114 valence electrons. The second-order valence-corrected chi connectivity index (χ2v) is 5.21. The van der Waals surface area contributed by atoms with Gasteiger partial charge in [-0.1, -0.05) is 32.6 Å². The molecule has 0 bridgehead atoms. The van der Waals surface area contributed by atoms with E-state index in [4.69, 9.17) is 9.84 Å². The van der Waals surface area contributed by atoms with Crippen LogP contribution in [0.1, 0.15) is 32.8 Å². The van der Waals surface area contributed by atoms with Crippen LogP contribution in [-0.4, -0.2) is 24.7 Å². The van der Waals surface area contributed by atoms with Gasteiger partial charge in [-0.15, -0.1) is 0 Å². The van der Waals surface area contributed by atoms with Crippen molar-refractivity contribution in [3.05, 3.63) is 23.8 Å². The molecule has 0 aliphatic carbocycles. The zero-order chi connectivity index (χ0) is 15.8. The Hall–Kier alpha value is -1.99. The molecule has 1 unspecified atom stereocenters. The van der Waals surface area contributed by atoms with Gasteiger partial charge in [0.2, 0.25) is 5.91 Å². The number of aliphatic hydroxyl groups is 1. The first-order chi connectivity index (χ1) is 9.99. The SMILES string of the molecule is COc1ccc(C#CCCO)cc1NC(=O)C(C)C(C)C. The molecule has 4 nitrogen and oxygen atoms in total. The summed E-state index contributed by atoms with van der Waals surface area (Å²) in [6.45, 7) is 5.96. The smallest absolute Gasteiger partial charge is 0.227 e. The monoisotopic (exact) mass is 289 g/mol. The highest BCUT2D eigenvalue weighted by Crippen LogP contribution is 2.26. The molecule has 0 aliphatic rings. The first kappa shape index (κ1) is 17.1. The largest absolute Gasteiger partial charge is 0.495 e. The van der Waals surface area contributed by atoms with Crippen molar-refractivity contribution in [2.75, 3.05) is 19.0 Å². The van der Waals surface area contributed by atoms with Crippen molar-refractivity contribution in [3.63, 3.8) is 0 Å². The van der Waals surface area contributed by atoms with E-state index in [1.165, 1.54) is 0 Å². The van der Waals surface area contributed by atoms with E-state index in [-0.39, 0.29) is 24.3 Å². The fourth-order valence-electron chi connectivity index (χ4n) is 1.65. The number of carbonyl (C=O) groups is 1. The maximum absolute atomic E-state index is 12.2. The number of ether oxygens (including phenoxy) is 1. The third-order valence-corrected chi connectivity index (χ3v) is 3.34. The summed E-state index contributed by atoms with van der Waals surface area (Å²) < 4.78 is 5.26. The van der Waals surface area contributed by atoms with Gasteiger partial charge in [0.05, 0.1) is 19.4 Å². The number of aliphatic hydroxyl groups excluding tert-OH is 1. The predicted molar refractivity (Wildman–Crippen MR) is 84.2 cm³/mol. The molecular weight excluding hydrogens is 266 g/mol. The number of methoxy groups -OCH3 is 1. The molecule has 2 N–H and O–H groups in total. The molecule has 1 atom stereocenters. The highest BCUT2D eigenvalue weighted by Gasteiger charge is 2.18. The third kappa shape index (κ3) is 5.13. The topological polar surface area (TPSA) is 58.6 Å². The van der Waals surface area contributed by atoms with E-state index in [0.717, 1.165) is 5.56 Å². The molecule has 0 saturated carbocycles. The quantitative estimate of drug-likeness (QED) is 0.819. The lowest BCUT2D eigenvalue weighted by atomic mass is 9.97. The van der Waals surface area contributed by atoms with E-state index in [2.05, 4.69) is 17.2 Å². The van der Waals surface area contributed by atoms with Gasteiger partial charge in [-0.05, 0) is 24.1 Å². The average molecular weight is 289 g/mol. The van der Waals surface area contributed by atoms with Crippen LogP contribution in [0.4, 0.5) is 5.69 Å². The second kappa shape index (κ2) is 8.33. The molecule has 21 heavy (non-hydrogen) atoms. The van der Waals surface area contributed by atoms with Gasteiger partial charge in [-0.2, -0.15) is 0 Å². The maximum atomic E-state index is 12.2. The first-order valence-corrected chi connectivity index (χ1v) is 7.08. The molecule has 1 amide bonds. The van der Waals surface area contributed by atoms with Crippen LogP contribution in [0.3, 0.4) is 0 Å². The van der Waals surface area contributed by atoms with Crippen molar-refractivity contribution >= 4 is 11.6 Å². The Morgan fingerprint density at radius 2 is 2.10 bits per heavy atom. The molecule has 1 aromatic carbocycles. The van der Waals surface area contributed by atoms with Crippen LogP contribution < -0.4 is 10.1 Å². The molecule has 0 heterocycles. The predicted octanol–water partition coefficient (Wildman–Crippen LogP) is 2.66. The van der Waals surface area contributed by atoms with Crippen LogP contribution >= 0.6 is 0 Å². The Balaban J connectivity index is 2.96. The number of amides is 1. The molecule has 0 aliphatic heterocycles. The molecular formula is C17H23NO3. The van der Waals surface area contributed by atoms with Gasteiger partial charge in [0, 0.05) is 17.9 Å². The zero-order valence-electron chi connectivity index (χ0n) is 13.1. The van der Waals surface area contributed by atoms with E-state index < -0.39 is 0 Å². The number of hydrogen-bond acceptors (Lipinski definition) is 3. The Morgan fingerprint density at radius 1 is 1.38 bits per heavy atom. The summed E-state index contributed by atoms with van der Waals surface area (Å²) in [5, 5.41) is 11.6.